The van der Waals surface area contributed by atoms with E-state index in [1.165, 1.54) is 0 Å². The van der Waals surface area contributed by atoms with Crippen molar-refractivity contribution in [3.63, 3.8) is 0 Å². The molecule has 2 fully saturated rings. The van der Waals surface area contributed by atoms with Gasteiger partial charge in [-0.15, -0.1) is 0 Å². The number of ether oxygens (including phenoxy) is 1. The molecule has 0 aromatic heterocycles. The van der Waals surface area contributed by atoms with E-state index >= 15 is 0 Å². The summed E-state index contributed by atoms with van der Waals surface area (Å²) in [5.41, 5.74) is 0.0442. The highest BCUT2D eigenvalue weighted by Crippen LogP contribution is 2.40. The van der Waals surface area contributed by atoms with Gasteiger partial charge in [-0.2, -0.15) is 0 Å². The molecule has 2 rings (SSSR count). The Morgan fingerprint density at radius 3 is 2.69 bits per heavy atom. The molecular weight excluding hydrogens is 166 g/mol. The SMILES string of the molecule is CC1(C)C(O)CC1NC1CCOC1. The first-order valence-corrected chi connectivity index (χ1v) is 5.12. The summed E-state index contributed by atoms with van der Waals surface area (Å²) in [6, 6.07) is 0.978. The minimum absolute atomic E-state index is 0.0442. The summed E-state index contributed by atoms with van der Waals surface area (Å²) in [7, 11) is 0. The minimum Gasteiger partial charge on any atom is -0.392 e. The fraction of sp³-hybridized carbons (Fsp3) is 1.00. The molecule has 0 bridgehead atoms. The van der Waals surface area contributed by atoms with E-state index in [0.29, 0.717) is 12.1 Å². The molecular formula is C10H19NO2. The van der Waals surface area contributed by atoms with Crippen molar-refractivity contribution in [1.29, 1.82) is 0 Å². The summed E-state index contributed by atoms with van der Waals surface area (Å²) in [6.45, 7) is 5.96. The van der Waals surface area contributed by atoms with Crippen molar-refractivity contribution in [2.75, 3.05) is 13.2 Å². The Kier molecular flexibility index (Phi) is 2.34. The van der Waals surface area contributed by atoms with E-state index in [-0.39, 0.29) is 11.5 Å². The van der Waals surface area contributed by atoms with Crippen LogP contribution in [0.2, 0.25) is 0 Å². The fourth-order valence-electron chi connectivity index (χ4n) is 2.14. The molecule has 13 heavy (non-hydrogen) atoms. The lowest BCUT2D eigenvalue weighted by Crippen LogP contribution is -2.62. The Balaban J connectivity index is 1.83. The highest BCUT2D eigenvalue weighted by atomic mass is 16.5. The third-order valence-electron chi connectivity index (χ3n) is 3.58. The first kappa shape index (κ1) is 9.44. The maximum atomic E-state index is 9.55. The molecule has 1 saturated heterocycles. The molecule has 3 atom stereocenters. The maximum absolute atomic E-state index is 9.55. The van der Waals surface area contributed by atoms with E-state index < -0.39 is 0 Å². The predicted octanol–water partition coefficient (Wildman–Crippen LogP) is 0.524. The molecule has 1 aliphatic carbocycles. The van der Waals surface area contributed by atoms with Gasteiger partial charge in [0.05, 0.1) is 12.7 Å². The van der Waals surface area contributed by atoms with E-state index in [1.54, 1.807) is 0 Å². The van der Waals surface area contributed by atoms with Gasteiger partial charge in [0.2, 0.25) is 0 Å². The van der Waals surface area contributed by atoms with Crippen molar-refractivity contribution in [3.05, 3.63) is 0 Å². The van der Waals surface area contributed by atoms with E-state index in [0.717, 1.165) is 26.1 Å². The van der Waals surface area contributed by atoms with Crippen LogP contribution in [0.3, 0.4) is 0 Å². The normalized spacial score (nSPS) is 43.2. The minimum atomic E-state index is -0.132. The monoisotopic (exact) mass is 185 g/mol. The molecule has 0 radical (unpaired) electrons. The van der Waals surface area contributed by atoms with Gasteiger partial charge in [-0.1, -0.05) is 13.8 Å². The fourth-order valence-corrected chi connectivity index (χ4v) is 2.14. The van der Waals surface area contributed by atoms with Crippen LogP contribution < -0.4 is 5.32 Å². The van der Waals surface area contributed by atoms with Crippen LogP contribution in [0.25, 0.3) is 0 Å². The van der Waals surface area contributed by atoms with Crippen LogP contribution in [0.4, 0.5) is 0 Å². The van der Waals surface area contributed by atoms with Crippen LogP contribution in [0.1, 0.15) is 26.7 Å². The van der Waals surface area contributed by atoms with Gasteiger partial charge >= 0.3 is 0 Å². The van der Waals surface area contributed by atoms with Gasteiger partial charge in [0.25, 0.3) is 0 Å². The zero-order valence-corrected chi connectivity index (χ0v) is 8.42. The quantitative estimate of drug-likeness (QED) is 0.659. The van der Waals surface area contributed by atoms with Gasteiger partial charge in [-0.25, -0.2) is 0 Å². The van der Waals surface area contributed by atoms with Gasteiger partial charge in [0, 0.05) is 24.1 Å². The van der Waals surface area contributed by atoms with Crippen molar-refractivity contribution < 1.29 is 9.84 Å². The molecule has 1 saturated carbocycles. The van der Waals surface area contributed by atoms with Gasteiger partial charge < -0.3 is 15.2 Å². The van der Waals surface area contributed by atoms with Crippen molar-refractivity contribution in [2.45, 2.75) is 44.9 Å². The lowest BCUT2D eigenvalue weighted by Gasteiger charge is -2.50. The van der Waals surface area contributed by atoms with Crippen LogP contribution in [-0.4, -0.2) is 36.5 Å². The summed E-state index contributed by atoms with van der Waals surface area (Å²) < 4.78 is 5.30. The van der Waals surface area contributed by atoms with E-state index in [2.05, 4.69) is 19.2 Å². The molecule has 0 aromatic carbocycles. The lowest BCUT2D eigenvalue weighted by atomic mass is 9.64. The molecule has 0 amide bonds. The zero-order chi connectivity index (χ0) is 9.47. The van der Waals surface area contributed by atoms with E-state index in [4.69, 9.17) is 4.74 Å². The van der Waals surface area contributed by atoms with Crippen molar-refractivity contribution in [1.82, 2.24) is 5.32 Å². The average Bonchev–Trinajstić information content (AvgIpc) is 2.56. The van der Waals surface area contributed by atoms with Crippen LogP contribution in [0.15, 0.2) is 0 Å². The second kappa shape index (κ2) is 3.23. The van der Waals surface area contributed by atoms with Gasteiger partial charge in [0.15, 0.2) is 0 Å². The Morgan fingerprint density at radius 2 is 2.23 bits per heavy atom. The Labute approximate surface area is 79.5 Å². The molecule has 0 spiro atoms. The van der Waals surface area contributed by atoms with E-state index in [1.807, 2.05) is 0 Å². The van der Waals surface area contributed by atoms with Crippen molar-refractivity contribution >= 4 is 0 Å². The Morgan fingerprint density at radius 1 is 1.46 bits per heavy atom. The maximum Gasteiger partial charge on any atom is 0.0621 e. The molecule has 76 valence electrons. The largest absolute Gasteiger partial charge is 0.392 e. The molecule has 3 nitrogen and oxygen atoms in total. The molecule has 2 aliphatic rings. The van der Waals surface area contributed by atoms with Crippen LogP contribution >= 0.6 is 0 Å². The molecule has 0 aromatic rings. The number of nitrogens with one attached hydrogen (secondary N) is 1. The summed E-state index contributed by atoms with van der Waals surface area (Å²) in [4.78, 5) is 0. The topological polar surface area (TPSA) is 41.5 Å². The Hall–Kier alpha value is -0.120. The van der Waals surface area contributed by atoms with Crippen molar-refractivity contribution in [3.8, 4) is 0 Å². The second-order valence-electron chi connectivity index (χ2n) is 4.85. The third-order valence-corrected chi connectivity index (χ3v) is 3.58. The molecule has 3 unspecified atom stereocenters. The third kappa shape index (κ3) is 1.60. The highest BCUT2D eigenvalue weighted by molar-refractivity contribution is 5.02. The first-order chi connectivity index (χ1) is 6.10. The lowest BCUT2D eigenvalue weighted by molar-refractivity contribution is -0.0759. The number of aliphatic hydroxyl groups is 1. The number of hydrogen-bond donors (Lipinski definition) is 2. The molecule has 2 N–H and O–H groups in total. The standard InChI is InChI=1S/C10H19NO2/c1-10(2)8(5-9(10)12)11-7-3-4-13-6-7/h7-9,11-12H,3-6H2,1-2H3. The van der Waals surface area contributed by atoms with Gasteiger partial charge in [0.1, 0.15) is 0 Å². The van der Waals surface area contributed by atoms with Crippen molar-refractivity contribution in [2.24, 2.45) is 5.41 Å². The number of rotatable bonds is 2. The summed E-state index contributed by atoms with van der Waals surface area (Å²) in [5, 5.41) is 13.1. The van der Waals surface area contributed by atoms with Gasteiger partial charge in [-0.3, -0.25) is 0 Å². The highest BCUT2D eigenvalue weighted by Gasteiger charge is 2.47. The Bertz CT molecular complexity index is 187. The van der Waals surface area contributed by atoms with Crippen LogP contribution in [0.5, 0.6) is 0 Å². The van der Waals surface area contributed by atoms with Gasteiger partial charge in [-0.05, 0) is 12.8 Å². The predicted molar refractivity (Wildman–Crippen MR) is 50.6 cm³/mol. The first-order valence-electron chi connectivity index (χ1n) is 5.12. The summed E-state index contributed by atoms with van der Waals surface area (Å²) in [5.74, 6) is 0. The molecule has 3 heteroatoms. The smallest absolute Gasteiger partial charge is 0.0621 e. The van der Waals surface area contributed by atoms with Crippen LogP contribution in [-0.2, 0) is 4.74 Å². The average molecular weight is 185 g/mol. The second-order valence-corrected chi connectivity index (χ2v) is 4.85. The van der Waals surface area contributed by atoms with Crippen LogP contribution in [0, 0.1) is 5.41 Å². The number of aliphatic hydroxyl groups excluding tert-OH is 1. The summed E-state index contributed by atoms with van der Waals surface area (Å²) in [6.07, 6.45) is 1.87. The van der Waals surface area contributed by atoms with E-state index in [9.17, 15) is 5.11 Å². The zero-order valence-electron chi connectivity index (χ0n) is 8.42. The molecule has 1 heterocycles. The summed E-state index contributed by atoms with van der Waals surface area (Å²) >= 11 is 0. The number of hydrogen-bond acceptors (Lipinski definition) is 3. The molecule has 1 aliphatic heterocycles.